The Bertz CT molecular complexity index is 521. The molecule has 1 aromatic rings. The Morgan fingerprint density at radius 1 is 1.19 bits per heavy atom. The molecular weight excluding hydrogens is 312 g/mol. The predicted octanol–water partition coefficient (Wildman–Crippen LogP) is 3.66. The minimum atomic E-state index is -1.19. The number of halogens is 1. The second kappa shape index (κ2) is 6.28. The van der Waals surface area contributed by atoms with Crippen molar-refractivity contribution in [2.75, 3.05) is 0 Å². The van der Waals surface area contributed by atoms with E-state index in [0.29, 0.717) is 11.4 Å². The van der Waals surface area contributed by atoms with Gasteiger partial charge in [0.1, 0.15) is 0 Å². The number of ether oxygens (including phenoxy) is 2. The number of benzene rings is 1. The van der Waals surface area contributed by atoms with Crippen molar-refractivity contribution in [1.82, 2.24) is 0 Å². The van der Waals surface area contributed by atoms with Crippen LogP contribution < -0.4 is 0 Å². The van der Waals surface area contributed by atoms with Crippen molar-refractivity contribution in [2.24, 2.45) is 5.92 Å². The Balaban J connectivity index is 2.15. The number of carbonyl (C=O) groups excluding carboxylic acids is 2. The standard InChI is InChI=1S/C15H17ClO4S/c1-4-11(21-10-7-5-9(16)6-8-10)12-13(17)19-15(2,3)20-14(12)18/h5-8,11-12H,4H2,1-3H3. The summed E-state index contributed by atoms with van der Waals surface area (Å²) in [7, 11) is 0. The summed E-state index contributed by atoms with van der Waals surface area (Å²) in [6, 6.07) is 7.27. The highest BCUT2D eigenvalue weighted by Gasteiger charge is 2.46. The van der Waals surface area contributed by atoms with E-state index in [-0.39, 0.29) is 5.25 Å². The third-order valence-electron chi connectivity index (χ3n) is 3.08. The molecule has 114 valence electrons. The first-order chi connectivity index (χ1) is 9.82. The van der Waals surface area contributed by atoms with E-state index in [0.717, 1.165) is 4.90 Å². The fourth-order valence-corrected chi connectivity index (χ4v) is 3.40. The highest BCUT2D eigenvalue weighted by molar-refractivity contribution is 8.00. The summed E-state index contributed by atoms with van der Waals surface area (Å²) in [4.78, 5) is 25.2. The molecule has 1 atom stereocenters. The number of rotatable bonds is 4. The lowest BCUT2D eigenvalue weighted by molar-refractivity contribution is -0.239. The van der Waals surface area contributed by atoms with Crippen LogP contribution in [0.25, 0.3) is 0 Å². The summed E-state index contributed by atoms with van der Waals surface area (Å²) in [5.41, 5.74) is 0. The minimum absolute atomic E-state index is 0.234. The summed E-state index contributed by atoms with van der Waals surface area (Å²) < 4.78 is 10.4. The zero-order valence-corrected chi connectivity index (χ0v) is 13.7. The smallest absolute Gasteiger partial charge is 0.324 e. The number of cyclic esters (lactones) is 2. The van der Waals surface area contributed by atoms with Crippen molar-refractivity contribution in [1.29, 1.82) is 0 Å². The van der Waals surface area contributed by atoms with Gasteiger partial charge in [0, 0.05) is 29.0 Å². The van der Waals surface area contributed by atoms with Gasteiger partial charge in [0.15, 0.2) is 5.92 Å². The number of esters is 2. The van der Waals surface area contributed by atoms with Crippen LogP contribution in [0.5, 0.6) is 0 Å². The number of carbonyl (C=O) groups is 2. The normalized spacial score (nSPS) is 19.8. The Hall–Kier alpha value is -1.20. The average molecular weight is 329 g/mol. The van der Waals surface area contributed by atoms with E-state index in [9.17, 15) is 9.59 Å². The molecule has 0 aliphatic carbocycles. The molecule has 0 radical (unpaired) electrons. The van der Waals surface area contributed by atoms with Crippen LogP contribution in [0, 0.1) is 5.92 Å². The molecular formula is C15H17ClO4S. The van der Waals surface area contributed by atoms with Crippen LogP contribution in [0.15, 0.2) is 29.2 Å². The third kappa shape index (κ3) is 3.92. The Kier molecular flexibility index (Phi) is 4.84. The molecule has 0 spiro atoms. The lowest BCUT2D eigenvalue weighted by atomic mass is 10.0. The van der Waals surface area contributed by atoms with Gasteiger partial charge in [-0.15, -0.1) is 11.8 Å². The van der Waals surface area contributed by atoms with E-state index in [1.54, 1.807) is 26.0 Å². The van der Waals surface area contributed by atoms with E-state index in [1.807, 2.05) is 19.1 Å². The lowest BCUT2D eigenvalue weighted by Crippen LogP contribution is -2.49. The monoisotopic (exact) mass is 328 g/mol. The van der Waals surface area contributed by atoms with Gasteiger partial charge in [0.2, 0.25) is 0 Å². The van der Waals surface area contributed by atoms with Crippen molar-refractivity contribution in [3.05, 3.63) is 29.3 Å². The maximum absolute atomic E-state index is 12.1. The number of hydrogen-bond acceptors (Lipinski definition) is 5. The molecule has 6 heteroatoms. The molecule has 0 saturated carbocycles. The zero-order valence-electron chi connectivity index (χ0n) is 12.1. The molecule has 21 heavy (non-hydrogen) atoms. The third-order valence-corrected chi connectivity index (χ3v) is 4.78. The number of thioether (sulfide) groups is 1. The Labute approximate surface area is 133 Å². The average Bonchev–Trinajstić information content (AvgIpc) is 2.37. The highest BCUT2D eigenvalue weighted by Crippen LogP contribution is 2.36. The fraction of sp³-hybridized carbons (Fsp3) is 0.467. The molecule has 1 saturated heterocycles. The maximum Gasteiger partial charge on any atom is 0.324 e. The second-order valence-corrected chi connectivity index (χ2v) is 6.99. The molecule has 4 nitrogen and oxygen atoms in total. The number of hydrogen-bond donors (Lipinski definition) is 0. The zero-order chi connectivity index (χ0) is 15.6. The SMILES string of the molecule is CCC(Sc1ccc(Cl)cc1)C1C(=O)OC(C)(C)OC1=O. The van der Waals surface area contributed by atoms with Crippen molar-refractivity contribution >= 4 is 35.3 Å². The van der Waals surface area contributed by atoms with Crippen LogP contribution in [0.1, 0.15) is 27.2 Å². The van der Waals surface area contributed by atoms with E-state index >= 15 is 0 Å². The molecule has 1 fully saturated rings. The van der Waals surface area contributed by atoms with Gasteiger partial charge >= 0.3 is 11.9 Å². The highest BCUT2D eigenvalue weighted by atomic mass is 35.5. The lowest BCUT2D eigenvalue weighted by Gasteiger charge is -2.35. The van der Waals surface area contributed by atoms with Crippen LogP contribution in [-0.4, -0.2) is 23.0 Å². The predicted molar refractivity (Wildman–Crippen MR) is 81.1 cm³/mol. The first-order valence-corrected chi connectivity index (χ1v) is 7.96. The molecule has 0 bridgehead atoms. The van der Waals surface area contributed by atoms with Gasteiger partial charge in [-0.2, -0.15) is 0 Å². The van der Waals surface area contributed by atoms with Crippen LogP contribution in [-0.2, 0) is 19.1 Å². The summed E-state index contributed by atoms with van der Waals surface area (Å²) in [6.45, 7) is 5.02. The molecule has 0 amide bonds. The molecule has 1 aliphatic heterocycles. The molecule has 2 rings (SSSR count). The summed E-state index contributed by atoms with van der Waals surface area (Å²) in [5, 5.41) is 0.410. The molecule has 1 heterocycles. The van der Waals surface area contributed by atoms with Gasteiger partial charge in [-0.05, 0) is 30.7 Å². The van der Waals surface area contributed by atoms with E-state index in [1.165, 1.54) is 11.8 Å². The van der Waals surface area contributed by atoms with Crippen LogP contribution in [0.4, 0.5) is 0 Å². The van der Waals surface area contributed by atoms with E-state index in [2.05, 4.69) is 0 Å². The van der Waals surface area contributed by atoms with Crippen molar-refractivity contribution in [3.63, 3.8) is 0 Å². The second-order valence-electron chi connectivity index (χ2n) is 5.24. The summed E-state index contributed by atoms with van der Waals surface area (Å²) in [6.07, 6.45) is 0.641. The first kappa shape index (κ1) is 16.2. The van der Waals surface area contributed by atoms with Crippen molar-refractivity contribution < 1.29 is 19.1 Å². The maximum atomic E-state index is 12.1. The van der Waals surface area contributed by atoms with E-state index in [4.69, 9.17) is 21.1 Å². The topological polar surface area (TPSA) is 52.6 Å². The summed E-state index contributed by atoms with van der Waals surface area (Å²) >= 11 is 7.30. The quantitative estimate of drug-likeness (QED) is 0.479. The molecule has 1 aromatic carbocycles. The van der Waals surface area contributed by atoms with Gasteiger partial charge in [-0.1, -0.05) is 18.5 Å². The van der Waals surface area contributed by atoms with Crippen molar-refractivity contribution in [3.8, 4) is 0 Å². The molecule has 1 aliphatic rings. The first-order valence-electron chi connectivity index (χ1n) is 6.70. The largest absolute Gasteiger partial charge is 0.422 e. The Morgan fingerprint density at radius 3 is 2.19 bits per heavy atom. The van der Waals surface area contributed by atoms with E-state index < -0.39 is 23.6 Å². The molecule has 1 unspecified atom stereocenters. The van der Waals surface area contributed by atoms with Gasteiger partial charge in [-0.25, -0.2) is 0 Å². The Morgan fingerprint density at radius 2 is 1.71 bits per heavy atom. The fourth-order valence-electron chi connectivity index (χ4n) is 2.11. The van der Waals surface area contributed by atoms with Gasteiger partial charge in [-0.3, -0.25) is 9.59 Å². The van der Waals surface area contributed by atoms with Gasteiger partial charge in [0.05, 0.1) is 0 Å². The van der Waals surface area contributed by atoms with Crippen LogP contribution in [0.2, 0.25) is 5.02 Å². The minimum Gasteiger partial charge on any atom is -0.422 e. The van der Waals surface area contributed by atoms with Gasteiger partial charge < -0.3 is 9.47 Å². The van der Waals surface area contributed by atoms with Crippen LogP contribution in [0.3, 0.4) is 0 Å². The molecule has 0 N–H and O–H groups in total. The van der Waals surface area contributed by atoms with Crippen molar-refractivity contribution in [2.45, 2.75) is 43.1 Å². The summed E-state index contributed by atoms with van der Waals surface area (Å²) in [5.74, 6) is -3.13. The van der Waals surface area contributed by atoms with Gasteiger partial charge in [0.25, 0.3) is 5.79 Å². The molecule has 0 aromatic heterocycles. The van der Waals surface area contributed by atoms with Crippen LogP contribution >= 0.6 is 23.4 Å².